The lowest BCUT2D eigenvalue weighted by atomic mass is 10.1. The molecule has 0 bridgehead atoms. The average molecular weight is 335 g/mol. The highest BCUT2D eigenvalue weighted by Gasteiger charge is 2.45. The van der Waals surface area contributed by atoms with Crippen molar-refractivity contribution in [1.82, 2.24) is 5.32 Å². The lowest BCUT2D eigenvalue weighted by Crippen LogP contribution is -2.31. The van der Waals surface area contributed by atoms with Crippen molar-refractivity contribution in [2.75, 3.05) is 0 Å². The van der Waals surface area contributed by atoms with E-state index in [-0.39, 0.29) is 18.2 Å². The molecule has 116 valence electrons. The Morgan fingerprint density at radius 1 is 1.36 bits per heavy atom. The summed E-state index contributed by atoms with van der Waals surface area (Å²) in [6, 6.07) is 5.38. The van der Waals surface area contributed by atoms with Crippen molar-refractivity contribution in [3.8, 4) is 0 Å². The molecular formula is C16H17NO3S2. The van der Waals surface area contributed by atoms with E-state index in [1.807, 2.05) is 17.5 Å². The van der Waals surface area contributed by atoms with Gasteiger partial charge in [0.05, 0.1) is 12.5 Å². The molecule has 1 fully saturated rings. The fourth-order valence-electron chi connectivity index (χ4n) is 2.70. The predicted molar refractivity (Wildman–Crippen MR) is 87.4 cm³/mol. The molecule has 0 unspecified atom stereocenters. The van der Waals surface area contributed by atoms with Gasteiger partial charge in [-0.2, -0.15) is 0 Å². The van der Waals surface area contributed by atoms with Crippen molar-refractivity contribution in [2.45, 2.75) is 31.7 Å². The number of nitrogens with one attached hydrogen (secondary N) is 1. The van der Waals surface area contributed by atoms with Gasteiger partial charge in [0, 0.05) is 21.6 Å². The molecule has 0 spiro atoms. The van der Waals surface area contributed by atoms with Crippen molar-refractivity contribution in [3.63, 3.8) is 0 Å². The molecule has 2 N–H and O–H groups in total. The van der Waals surface area contributed by atoms with Gasteiger partial charge in [-0.25, -0.2) is 0 Å². The van der Waals surface area contributed by atoms with Gasteiger partial charge in [0.2, 0.25) is 5.91 Å². The number of thiophene rings is 2. The molecule has 3 rings (SSSR count). The molecule has 0 saturated heterocycles. The van der Waals surface area contributed by atoms with Crippen molar-refractivity contribution >= 4 is 34.6 Å². The zero-order valence-corrected chi connectivity index (χ0v) is 13.7. The first-order valence-electron chi connectivity index (χ1n) is 7.16. The third-order valence-electron chi connectivity index (χ3n) is 3.95. The first-order chi connectivity index (χ1) is 10.6. The Balaban J connectivity index is 1.65. The van der Waals surface area contributed by atoms with Crippen molar-refractivity contribution < 1.29 is 14.7 Å². The van der Waals surface area contributed by atoms with Crippen LogP contribution in [0.15, 0.2) is 29.0 Å². The van der Waals surface area contributed by atoms with Gasteiger partial charge in [-0.15, -0.1) is 22.7 Å². The highest BCUT2D eigenvalue weighted by Crippen LogP contribution is 2.50. The van der Waals surface area contributed by atoms with Crippen LogP contribution >= 0.6 is 22.7 Å². The number of aliphatic carboxylic acids is 1. The SMILES string of the molecule is Cc1ccsc1[C@@H]1C[C@@H]1C(=O)N[C@@H](CC(=O)O)c1cccs1. The first kappa shape index (κ1) is 15.2. The van der Waals surface area contributed by atoms with Crippen LogP contribution in [0, 0.1) is 12.8 Å². The highest BCUT2D eigenvalue weighted by molar-refractivity contribution is 7.10. The topological polar surface area (TPSA) is 66.4 Å². The molecule has 22 heavy (non-hydrogen) atoms. The zero-order chi connectivity index (χ0) is 15.7. The van der Waals surface area contributed by atoms with E-state index in [2.05, 4.69) is 23.7 Å². The normalized spacial score (nSPS) is 21.3. The number of carbonyl (C=O) groups is 2. The fraction of sp³-hybridized carbons (Fsp3) is 0.375. The van der Waals surface area contributed by atoms with E-state index in [9.17, 15) is 9.59 Å². The van der Waals surface area contributed by atoms with Crippen LogP contribution in [-0.4, -0.2) is 17.0 Å². The van der Waals surface area contributed by atoms with Gasteiger partial charge in [0.15, 0.2) is 0 Å². The standard InChI is InChI=1S/C16H17NO3S2/c1-9-4-6-22-15(9)10-7-11(10)16(20)17-12(8-14(18)19)13-3-2-5-21-13/h2-6,10-12H,7-8H2,1H3,(H,17,20)(H,18,19)/t10-,11+,12+/m1/s1. The smallest absolute Gasteiger partial charge is 0.305 e. The minimum absolute atomic E-state index is 0.0198. The zero-order valence-electron chi connectivity index (χ0n) is 12.1. The van der Waals surface area contributed by atoms with Crippen LogP contribution in [-0.2, 0) is 9.59 Å². The Labute approximate surface area is 136 Å². The number of carbonyl (C=O) groups excluding carboxylic acids is 1. The summed E-state index contributed by atoms with van der Waals surface area (Å²) >= 11 is 3.17. The number of aryl methyl sites for hydroxylation is 1. The Kier molecular flexibility index (Phi) is 4.31. The summed E-state index contributed by atoms with van der Waals surface area (Å²) in [5.41, 5.74) is 1.24. The molecule has 0 aliphatic heterocycles. The largest absolute Gasteiger partial charge is 0.481 e. The van der Waals surface area contributed by atoms with E-state index in [1.54, 1.807) is 11.3 Å². The summed E-state index contributed by atoms with van der Waals surface area (Å²) < 4.78 is 0. The number of hydrogen-bond donors (Lipinski definition) is 2. The van der Waals surface area contributed by atoms with Crippen LogP contribution in [0.4, 0.5) is 0 Å². The molecule has 4 nitrogen and oxygen atoms in total. The van der Waals surface area contributed by atoms with Crippen LogP contribution in [0.3, 0.4) is 0 Å². The lowest BCUT2D eigenvalue weighted by molar-refractivity contribution is -0.137. The average Bonchev–Trinajstić information content (AvgIpc) is 2.86. The van der Waals surface area contributed by atoms with Gasteiger partial charge in [0.25, 0.3) is 0 Å². The van der Waals surface area contributed by atoms with Gasteiger partial charge in [0.1, 0.15) is 0 Å². The third-order valence-corrected chi connectivity index (χ3v) is 6.08. The molecule has 2 aromatic heterocycles. The van der Waals surface area contributed by atoms with E-state index in [0.29, 0.717) is 5.92 Å². The summed E-state index contributed by atoms with van der Waals surface area (Å²) in [5, 5.41) is 15.9. The van der Waals surface area contributed by atoms with Crippen LogP contribution in [0.25, 0.3) is 0 Å². The van der Waals surface area contributed by atoms with Crippen LogP contribution in [0.1, 0.15) is 40.1 Å². The molecule has 2 aromatic rings. The molecule has 6 heteroatoms. The predicted octanol–water partition coefficient (Wildman–Crippen LogP) is 3.55. The monoisotopic (exact) mass is 335 g/mol. The summed E-state index contributed by atoms with van der Waals surface area (Å²) in [7, 11) is 0. The van der Waals surface area contributed by atoms with Crippen molar-refractivity contribution in [3.05, 3.63) is 44.3 Å². The van der Waals surface area contributed by atoms with Gasteiger partial charge in [-0.3, -0.25) is 9.59 Å². The third kappa shape index (κ3) is 3.23. The molecule has 3 atom stereocenters. The highest BCUT2D eigenvalue weighted by atomic mass is 32.1. The van der Waals surface area contributed by atoms with Crippen LogP contribution < -0.4 is 5.32 Å². The van der Waals surface area contributed by atoms with Gasteiger partial charge in [-0.05, 0) is 41.8 Å². The Morgan fingerprint density at radius 3 is 2.77 bits per heavy atom. The first-order valence-corrected chi connectivity index (χ1v) is 8.91. The maximum absolute atomic E-state index is 12.4. The van der Waals surface area contributed by atoms with E-state index in [0.717, 1.165) is 11.3 Å². The molecule has 0 aromatic carbocycles. The minimum Gasteiger partial charge on any atom is -0.481 e. The van der Waals surface area contributed by atoms with Gasteiger partial charge < -0.3 is 10.4 Å². The van der Waals surface area contributed by atoms with E-state index in [1.165, 1.54) is 21.8 Å². The van der Waals surface area contributed by atoms with Gasteiger partial charge >= 0.3 is 5.97 Å². The summed E-state index contributed by atoms with van der Waals surface area (Å²) in [6.45, 7) is 2.07. The fourth-order valence-corrected chi connectivity index (χ4v) is 4.59. The minimum atomic E-state index is -0.903. The summed E-state index contributed by atoms with van der Waals surface area (Å²) in [4.78, 5) is 25.6. The molecule has 2 heterocycles. The lowest BCUT2D eigenvalue weighted by Gasteiger charge is -2.15. The van der Waals surface area contributed by atoms with E-state index >= 15 is 0 Å². The van der Waals surface area contributed by atoms with Crippen LogP contribution in [0.5, 0.6) is 0 Å². The maximum Gasteiger partial charge on any atom is 0.305 e. The number of hydrogen-bond acceptors (Lipinski definition) is 4. The second-order valence-corrected chi connectivity index (χ2v) is 7.52. The maximum atomic E-state index is 12.4. The molecular weight excluding hydrogens is 318 g/mol. The Hall–Kier alpha value is -1.66. The number of carboxylic acids is 1. The van der Waals surface area contributed by atoms with E-state index < -0.39 is 12.0 Å². The molecule has 0 radical (unpaired) electrons. The number of rotatable bonds is 6. The Morgan fingerprint density at radius 2 is 2.18 bits per heavy atom. The van der Waals surface area contributed by atoms with E-state index in [4.69, 9.17) is 5.11 Å². The van der Waals surface area contributed by atoms with Gasteiger partial charge in [-0.1, -0.05) is 6.07 Å². The number of carboxylic acid groups (broad SMARTS) is 1. The number of amides is 1. The molecule has 1 saturated carbocycles. The second-order valence-electron chi connectivity index (χ2n) is 5.59. The molecule has 1 aliphatic rings. The Bertz CT molecular complexity index is 677. The summed E-state index contributed by atoms with van der Waals surface area (Å²) in [5.74, 6) is -0.653. The molecule has 1 aliphatic carbocycles. The second kappa shape index (κ2) is 6.22. The van der Waals surface area contributed by atoms with Crippen molar-refractivity contribution in [2.24, 2.45) is 5.92 Å². The molecule has 1 amide bonds. The quantitative estimate of drug-likeness (QED) is 0.848. The van der Waals surface area contributed by atoms with Crippen molar-refractivity contribution in [1.29, 1.82) is 0 Å². The van der Waals surface area contributed by atoms with Crippen LogP contribution in [0.2, 0.25) is 0 Å². The summed E-state index contributed by atoms with van der Waals surface area (Å²) in [6.07, 6.45) is 0.777.